The third-order valence-electron chi connectivity index (χ3n) is 4.10. The molecule has 0 aliphatic carbocycles. The number of anilines is 1. The molecule has 1 aliphatic heterocycles. The number of para-hydroxylation sites is 1. The van der Waals surface area contributed by atoms with Crippen molar-refractivity contribution in [1.82, 2.24) is 10.6 Å². The summed E-state index contributed by atoms with van der Waals surface area (Å²) in [6, 6.07) is 14.0. The number of halogens is 1. The molecule has 2 aromatic rings. The Morgan fingerprint density at radius 3 is 2.38 bits per heavy atom. The van der Waals surface area contributed by atoms with Gasteiger partial charge in [-0.25, -0.2) is 14.0 Å². The number of carbonyl (C=O) groups is 2. The van der Waals surface area contributed by atoms with Gasteiger partial charge in [0.2, 0.25) is 0 Å². The van der Waals surface area contributed by atoms with Crippen LogP contribution in [0.3, 0.4) is 0 Å². The molecule has 2 aromatic carbocycles. The number of aliphatic carboxylic acids is 1. The van der Waals surface area contributed by atoms with Crippen molar-refractivity contribution in [3.63, 3.8) is 0 Å². The molecule has 2 amide bonds. The molecule has 1 aliphatic rings. The van der Waals surface area contributed by atoms with Gasteiger partial charge in [0.25, 0.3) is 0 Å². The van der Waals surface area contributed by atoms with Gasteiger partial charge >= 0.3 is 12.0 Å². The molecular formula is C19H18FN3O3. The van der Waals surface area contributed by atoms with Crippen molar-refractivity contribution >= 4 is 17.7 Å². The second kappa shape index (κ2) is 7.69. The molecule has 3 rings (SSSR count). The summed E-state index contributed by atoms with van der Waals surface area (Å²) >= 11 is 0. The first-order chi connectivity index (χ1) is 12.5. The van der Waals surface area contributed by atoms with E-state index < -0.39 is 12.0 Å². The van der Waals surface area contributed by atoms with Gasteiger partial charge in [-0.15, -0.1) is 0 Å². The van der Waals surface area contributed by atoms with E-state index in [1.807, 2.05) is 6.07 Å². The predicted octanol–water partition coefficient (Wildman–Crippen LogP) is 3.37. The fraction of sp³-hybridized carbons (Fsp3) is 0.158. The molecule has 6 nitrogen and oxygen atoms in total. The first-order valence-electron chi connectivity index (χ1n) is 8.14. The van der Waals surface area contributed by atoms with Crippen LogP contribution in [0.4, 0.5) is 14.9 Å². The summed E-state index contributed by atoms with van der Waals surface area (Å²) in [5.74, 6) is -1.29. The standard InChI is InChI=1S/C19H18FN3O3/c20-13-8-6-12(7-9-13)16-11-10-15(18(24)25)17(22-16)23-19(26)21-14-4-2-1-3-5-14/h1-9,16,22H,10-11H2,(H,24,25)(H2,21,23,26)/t16-/m1/s1. The topological polar surface area (TPSA) is 90.5 Å². The fourth-order valence-corrected chi connectivity index (χ4v) is 2.82. The molecule has 26 heavy (non-hydrogen) atoms. The minimum absolute atomic E-state index is 0.103. The van der Waals surface area contributed by atoms with Crippen molar-refractivity contribution in [2.45, 2.75) is 18.9 Å². The summed E-state index contributed by atoms with van der Waals surface area (Å²) in [7, 11) is 0. The molecule has 0 radical (unpaired) electrons. The zero-order valence-electron chi connectivity index (χ0n) is 13.8. The zero-order valence-corrected chi connectivity index (χ0v) is 13.8. The lowest BCUT2D eigenvalue weighted by Crippen LogP contribution is -2.40. The normalized spacial score (nSPS) is 16.6. The number of amides is 2. The molecular weight excluding hydrogens is 337 g/mol. The average Bonchev–Trinajstić information content (AvgIpc) is 2.63. The van der Waals surface area contributed by atoms with E-state index in [4.69, 9.17) is 0 Å². The fourth-order valence-electron chi connectivity index (χ4n) is 2.82. The number of carbonyl (C=O) groups excluding carboxylic acids is 1. The summed E-state index contributed by atoms with van der Waals surface area (Å²) in [5, 5.41) is 17.6. The lowest BCUT2D eigenvalue weighted by Gasteiger charge is -2.28. The molecule has 0 fully saturated rings. The number of urea groups is 1. The Bertz CT molecular complexity index is 835. The summed E-state index contributed by atoms with van der Waals surface area (Å²) < 4.78 is 13.1. The smallest absolute Gasteiger partial charge is 0.335 e. The highest BCUT2D eigenvalue weighted by molar-refractivity contribution is 5.93. The Morgan fingerprint density at radius 1 is 1.04 bits per heavy atom. The van der Waals surface area contributed by atoms with Crippen LogP contribution in [0, 0.1) is 5.82 Å². The molecule has 0 saturated carbocycles. The molecule has 0 spiro atoms. The molecule has 0 saturated heterocycles. The highest BCUT2D eigenvalue weighted by Gasteiger charge is 2.26. The number of rotatable bonds is 4. The van der Waals surface area contributed by atoms with E-state index >= 15 is 0 Å². The number of hydrogen-bond acceptors (Lipinski definition) is 3. The number of benzene rings is 2. The van der Waals surface area contributed by atoms with Crippen LogP contribution in [0.2, 0.25) is 0 Å². The van der Waals surface area contributed by atoms with E-state index in [9.17, 15) is 19.1 Å². The van der Waals surface area contributed by atoms with Crippen molar-refractivity contribution in [1.29, 1.82) is 0 Å². The number of hydrogen-bond donors (Lipinski definition) is 4. The van der Waals surface area contributed by atoms with Gasteiger partial charge in [-0.05, 0) is 42.7 Å². The van der Waals surface area contributed by atoms with Crippen molar-refractivity contribution in [2.75, 3.05) is 5.32 Å². The quantitative estimate of drug-likeness (QED) is 0.677. The van der Waals surface area contributed by atoms with E-state index in [0.717, 1.165) is 5.56 Å². The summed E-state index contributed by atoms with van der Waals surface area (Å²) in [5.41, 5.74) is 1.51. The minimum atomic E-state index is -1.09. The van der Waals surface area contributed by atoms with Crippen LogP contribution in [0.15, 0.2) is 66.0 Å². The Balaban J connectivity index is 1.75. The number of carboxylic acids is 1. The largest absolute Gasteiger partial charge is 0.478 e. The lowest BCUT2D eigenvalue weighted by molar-refractivity contribution is -0.133. The lowest BCUT2D eigenvalue weighted by atomic mass is 9.95. The Morgan fingerprint density at radius 2 is 1.73 bits per heavy atom. The molecule has 0 unspecified atom stereocenters. The first-order valence-corrected chi connectivity index (χ1v) is 8.14. The van der Waals surface area contributed by atoms with Gasteiger partial charge < -0.3 is 15.7 Å². The molecule has 4 N–H and O–H groups in total. The Hall–Kier alpha value is -3.35. The molecule has 1 heterocycles. The Labute approximate surface area is 149 Å². The van der Waals surface area contributed by atoms with Crippen LogP contribution < -0.4 is 16.0 Å². The molecule has 134 valence electrons. The van der Waals surface area contributed by atoms with Gasteiger partial charge in [-0.3, -0.25) is 5.32 Å². The predicted molar refractivity (Wildman–Crippen MR) is 94.8 cm³/mol. The maximum atomic E-state index is 13.1. The van der Waals surface area contributed by atoms with Gasteiger partial charge in [-0.1, -0.05) is 30.3 Å². The van der Waals surface area contributed by atoms with E-state index in [-0.39, 0.29) is 29.7 Å². The van der Waals surface area contributed by atoms with Crippen LogP contribution in [-0.2, 0) is 4.79 Å². The van der Waals surface area contributed by atoms with Crippen molar-refractivity contribution in [3.05, 3.63) is 77.4 Å². The maximum Gasteiger partial charge on any atom is 0.335 e. The Kier molecular flexibility index (Phi) is 5.17. The van der Waals surface area contributed by atoms with Gasteiger partial charge in [0.05, 0.1) is 11.6 Å². The second-order valence-electron chi connectivity index (χ2n) is 5.89. The number of nitrogens with one attached hydrogen (secondary N) is 3. The van der Waals surface area contributed by atoms with Gasteiger partial charge in [0.1, 0.15) is 11.6 Å². The van der Waals surface area contributed by atoms with Crippen molar-refractivity contribution in [2.24, 2.45) is 0 Å². The first kappa shape index (κ1) is 17.5. The van der Waals surface area contributed by atoms with Crippen molar-refractivity contribution < 1.29 is 19.1 Å². The van der Waals surface area contributed by atoms with Crippen LogP contribution in [-0.4, -0.2) is 17.1 Å². The second-order valence-corrected chi connectivity index (χ2v) is 5.89. The summed E-state index contributed by atoms with van der Waals surface area (Å²) in [6.07, 6.45) is 0.810. The highest BCUT2D eigenvalue weighted by atomic mass is 19.1. The highest BCUT2D eigenvalue weighted by Crippen LogP contribution is 2.27. The molecule has 7 heteroatoms. The number of carboxylic acid groups (broad SMARTS) is 1. The zero-order chi connectivity index (χ0) is 18.5. The van der Waals surface area contributed by atoms with E-state index in [1.54, 1.807) is 36.4 Å². The van der Waals surface area contributed by atoms with Gasteiger partial charge in [-0.2, -0.15) is 0 Å². The third kappa shape index (κ3) is 4.18. The molecule has 0 aromatic heterocycles. The van der Waals surface area contributed by atoms with Crippen LogP contribution in [0.5, 0.6) is 0 Å². The van der Waals surface area contributed by atoms with Crippen molar-refractivity contribution in [3.8, 4) is 0 Å². The van der Waals surface area contributed by atoms with E-state index in [0.29, 0.717) is 12.1 Å². The van der Waals surface area contributed by atoms with Gasteiger partial charge in [0, 0.05) is 5.69 Å². The maximum absolute atomic E-state index is 13.1. The minimum Gasteiger partial charge on any atom is -0.478 e. The van der Waals surface area contributed by atoms with E-state index in [2.05, 4.69) is 16.0 Å². The van der Waals surface area contributed by atoms with Crippen LogP contribution in [0.25, 0.3) is 0 Å². The average molecular weight is 355 g/mol. The molecule has 0 bridgehead atoms. The monoisotopic (exact) mass is 355 g/mol. The summed E-state index contributed by atoms with van der Waals surface area (Å²) in [4.78, 5) is 23.7. The van der Waals surface area contributed by atoms with Gasteiger partial charge in [0.15, 0.2) is 0 Å². The molecule has 1 atom stereocenters. The third-order valence-corrected chi connectivity index (χ3v) is 4.10. The summed E-state index contributed by atoms with van der Waals surface area (Å²) in [6.45, 7) is 0. The van der Waals surface area contributed by atoms with E-state index in [1.165, 1.54) is 12.1 Å². The van der Waals surface area contributed by atoms with Crippen LogP contribution in [0.1, 0.15) is 24.4 Å². The van der Waals surface area contributed by atoms with Crippen LogP contribution >= 0.6 is 0 Å². The SMILES string of the molecule is O=C(NC1=C(C(=O)O)CC[C@H](c2ccc(F)cc2)N1)Nc1ccccc1.